The summed E-state index contributed by atoms with van der Waals surface area (Å²) in [5, 5.41) is 4.18. The summed E-state index contributed by atoms with van der Waals surface area (Å²) in [5.41, 5.74) is 2.88. The van der Waals surface area contributed by atoms with Gasteiger partial charge in [0.05, 0.1) is 11.4 Å². The minimum Gasteiger partial charge on any atom is -0.305 e. The van der Waals surface area contributed by atoms with Gasteiger partial charge in [0, 0.05) is 29.1 Å². The van der Waals surface area contributed by atoms with Crippen LogP contribution >= 0.6 is 0 Å². The van der Waals surface area contributed by atoms with Crippen LogP contribution in [0.15, 0.2) is 66.9 Å². The molecule has 1 heterocycles. The molecular formula is C21H21N3O3S. The average Bonchev–Trinajstić information content (AvgIpc) is 3.42. The minimum atomic E-state index is -3.40. The van der Waals surface area contributed by atoms with Gasteiger partial charge in [-0.05, 0) is 50.1 Å². The van der Waals surface area contributed by atoms with Crippen molar-refractivity contribution in [1.29, 1.82) is 0 Å². The van der Waals surface area contributed by atoms with Gasteiger partial charge in [-0.15, -0.1) is 0 Å². The van der Waals surface area contributed by atoms with Crippen molar-refractivity contribution < 1.29 is 13.2 Å². The van der Waals surface area contributed by atoms with Crippen molar-refractivity contribution in [3.05, 3.63) is 72.4 Å². The van der Waals surface area contributed by atoms with Crippen molar-refractivity contribution >= 4 is 21.6 Å². The molecule has 0 radical (unpaired) electrons. The number of rotatable bonds is 6. The van der Waals surface area contributed by atoms with Crippen LogP contribution < -0.4 is 4.90 Å². The lowest BCUT2D eigenvalue weighted by atomic mass is 10.1. The third kappa shape index (κ3) is 3.57. The molecule has 0 unspecified atom stereocenters. The summed E-state index contributed by atoms with van der Waals surface area (Å²) < 4.78 is 24.9. The normalized spacial score (nSPS) is 14.0. The van der Waals surface area contributed by atoms with Crippen LogP contribution in [0, 0.1) is 0 Å². The Balaban J connectivity index is 1.61. The third-order valence-corrected chi connectivity index (χ3v) is 6.31. The van der Waals surface area contributed by atoms with Gasteiger partial charge in [0.25, 0.3) is 15.9 Å². The van der Waals surface area contributed by atoms with E-state index in [0.29, 0.717) is 11.3 Å². The molecule has 1 amide bonds. The summed E-state index contributed by atoms with van der Waals surface area (Å²) in [6.07, 6.45) is 3.46. The van der Waals surface area contributed by atoms with Crippen molar-refractivity contribution in [2.45, 2.75) is 25.8 Å². The number of carbonyl (C=O) groups is 1. The first kappa shape index (κ1) is 18.4. The molecule has 1 aromatic heterocycles. The van der Waals surface area contributed by atoms with E-state index in [-0.39, 0.29) is 17.7 Å². The van der Waals surface area contributed by atoms with Gasteiger partial charge in [-0.3, -0.25) is 4.79 Å². The van der Waals surface area contributed by atoms with Crippen molar-refractivity contribution in [2.75, 3.05) is 10.7 Å². The summed E-state index contributed by atoms with van der Waals surface area (Å²) in [5.74, 6) is -0.0143. The molecule has 28 heavy (non-hydrogen) atoms. The van der Waals surface area contributed by atoms with E-state index < -0.39 is 10.0 Å². The summed E-state index contributed by atoms with van der Waals surface area (Å²) >= 11 is 0. The van der Waals surface area contributed by atoms with Gasteiger partial charge in [0.15, 0.2) is 0 Å². The van der Waals surface area contributed by atoms with E-state index in [2.05, 4.69) is 5.10 Å². The zero-order valence-electron chi connectivity index (χ0n) is 15.5. The number of hydrogen-bond acceptors (Lipinski definition) is 4. The molecule has 0 atom stereocenters. The summed E-state index contributed by atoms with van der Waals surface area (Å²) in [4.78, 5) is 14.8. The van der Waals surface area contributed by atoms with Crippen molar-refractivity contribution in [1.82, 2.24) is 9.19 Å². The maximum atomic E-state index is 13.0. The van der Waals surface area contributed by atoms with E-state index in [1.165, 1.54) is 6.20 Å². The number of amides is 1. The van der Waals surface area contributed by atoms with Crippen LogP contribution in [-0.2, 0) is 10.0 Å². The lowest BCUT2D eigenvalue weighted by Crippen LogP contribution is -2.32. The first-order valence-corrected chi connectivity index (χ1v) is 10.9. The van der Waals surface area contributed by atoms with Crippen molar-refractivity contribution in [3.8, 4) is 11.3 Å². The first-order valence-electron chi connectivity index (χ1n) is 9.27. The summed E-state index contributed by atoms with van der Waals surface area (Å²) in [6.45, 7) is 1.59. The van der Waals surface area contributed by atoms with E-state index in [0.717, 1.165) is 28.2 Å². The molecule has 4 rings (SSSR count). The molecule has 0 aliphatic heterocycles. The van der Waals surface area contributed by atoms with Crippen LogP contribution in [0.2, 0.25) is 0 Å². The zero-order valence-corrected chi connectivity index (χ0v) is 16.3. The van der Waals surface area contributed by atoms with Gasteiger partial charge in [0.1, 0.15) is 0 Å². The first-order chi connectivity index (χ1) is 13.5. The Morgan fingerprint density at radius 2 is 1.75 bits per heavy atom. The highest BCUT2D eigenvalue weighted by Crippen LogP contribution is 2.34. The minimum absolute atomic E-state index is 0.00540. The van der Waals surface area contributed by atoms with Crippen LogP contribution in [0.4, 0.5) is 5.69 Å². The van der Waals surface area contributed by atoms with E-state index >= 15 is 0 Å². The molecule has 1 fully saturated rings. The number of nitrogens with zero attached hydrogens (tertiary/aromatic N) is 3. The lowest BCUT2D eigenvalue weighted by Gasteiger charge is -2.23. The summed E-state index contributed by atoms with van der Waals surface area (Å²) in [7, 11) is -3.40. The molecule has 0 bridgehead atoms. The number of aromatic nitrogens is 2. The van der Waals surface area contributed by atoms with Gasteiger partial charge >= 0.3 is 0 Å². The molecule has 0 saturated heterocycles. The molecule has 1 aliphatic rings. The van der Waals surface area contributed by atoms with E-state index in [4.69, 9.17) is 0 Å². The SMILES string of the molecule is CCS(=O)(=O)n1ccc(-c2ccc(N(C(=O)c3ccccc3)C3CC3)cc2)n1. The van der Waals surface area contributed by atoms with E-state index in [9.17, 15) is 13.2 Å². The molecule has 1 saturated carbocycles. The van der Waals surface area contributed by atoms with E-state index in [1.54, 1.807) is 13.0 Å². The van der Waals surface area contributed by atoms with Crippen LogP contribution in [0.3, 0.4) is 0 Å². The molecule has 3 aromatic rings. The topological polar surface area (TPSA) is 72.3 Å². The molecular weight excluding hydrogens is 374 g/mol. The zero-order chi connectivity index (χ0) is 19.7. The van der Waals surface area contributed by atoms with Gasteiger partial charge in [-0.1, -0.05) is 30.3 Å². The Labute approximate surface area is 164 Å². The Hall–Kier alpha value is -2.93. The number of benzene rings is 2. The maximum Gasteiger partial charge on any atom is 0.258 e. The van der Waals surface area contributed by atoms with Gasteiger partial charge < -0.3 is 4.90 Å². The van der Waals surface area contributed by atoms with Crippen molar-refractivity contribution in [3.63, 3.8) is 0 Å². The van der Waals surface area contributed by atoms with Crippen LogP contribution in [0.25, 0.3) is 11.3 Å². The Bertz CT molecular complexity index is 1090. The largest absolute Gasteiger partial charge is 0.305 e. The van der Waals surface area contributed by atoms with E-state index in [1.807, 2.05) is 59.5 Å². The third-order valence-electron chi connectivity index (χ3n) is 4.81. The number of anilines is 1. The van der Waals surface area contributed by atoms with Gasteiger partial charge in [-0.25, -0.2) is 8.42 Å². The van der Waals surface area contributed by atoms with Crippen LogP contribution in [0.5, 0.6) is 0 Å². The van der Waals surface area contributed by atoms with Crippen LogP contribution in [-0.4, -0.2) is 35.3 Å². The second-order valence-electron chi connectivity index (χ2n) is 6.79. The maximum absolute atomic E-state index is 13.0. The molecule has 0 spiro atoms. The second kappa shape index (κ2) is 7.24. The average molecular weight is 395 g/mol. The summed E-state index contributed by atoms with van der Waals surface area (Å²) in [6, 6.07) is 18.7. The lowest BCUT2D eigenvalue weighted by molar-refractivity contribution is 0.0985. The highest BCUT2D eigenvalue weighted by Gasteiger charge is 2.34. The monoisotopic (exact) mass is 395 g/mol. The Morgan fingerprint density at radius 3 is 2.36 bits per heavy atom. The molecule has 144 valence electrons. The Morgan fingerprint density at radius 1 is 1.07 bits per heavy atom. The predicted octanol–water partition coefficient (Wildman–Crippen LogP) is 3.56. The molecule has 2 aromatic carbocycles. The quantitative estimate of drug-likeness (QED) is 0.640. The van der Waals surface area contributed by atoms with Gasteiger partial charge in [-0.2, -0.15) is 9.19 Å². The fraction of sp³-hybridized carbons (Fsp3) is 0.238. The smallest absolute Gasteiger partial charge is 0.258 e. The van der Waals surface area contributed by atoms with Gasteiger partial charge in [0.2, 0.25) is 0 Å². The van der Waals surface area contributed by atoms with Crippen molar-refractivity contribution in [2.24, 2.45) is 0 Å². The molecule has 7 heteroatoms. The fourth-order valence-electron chi connectivity index (χ4n) is 3.09. The molecule has 0 N–H and O–H groups in total. The molecule has 6 nitrogen and oxygen atoms in total. The Kier molecular flexibility index (Phi) is 4.77. The highest BCUT2D eigenvalue weighted by molar-refractivity contribution is 7.89. The highest BCUT2D eigenvalue weighted by atomic mass is 32.2. The number of carbonyl (C=O) groups excluding carboxylic acids is 1. The fourth-order valence-corrected chi connectivity index (χ4v) is 3.81. The standard InChI is InChI=1S/C21H21N3O3S/c1-2-28(26,27)23-15-14-20(22-23)16-8-10-18(11-9-16)24(19-12-13-19)21(25)17-6-4-3-5-7-17/h3-11,14-15,19H,2,12-13H2,1H3. The number of hydrogen-bond donors (Lipinski definition) is 0. The molecule has 1 aliphatic carbocycles. The van der Waals surface area contributed by atoms with Crippen LogP contribution in [0.1, 0.15) is 30.1 Å². The predicted molar refractivity (Wildman–Crippen MR) is 109 cm³/mol. The second-order valence-corrected chi connectivity index (χ2v) is 8.91.